The Morgan fingerprint density at radius 3 is 2.12 bits per heavy atom. The molecule has 0 bridgehead atoms. The number of hydrazone groups is 1. The second kappa shape index (κ2) is 12.9. The van der Waals surface area contributed by atoms with Gasteiger partial charge in [-0.3, -0.25) is 5.43 Å². The zero-order chi connectivity index (χ0) is 29.6. The summed E-state index contributed by atoms with van der Waals surface area (Å²) >= 11 is 12.2. The van der Waals surface area contributed by atoms with E-state index >= 15 is 0 Å². The molecular weight excluding hydrogens is 579 g/mol. The number of fused-ring (bicyclic) bond motifs is 1. The lowest BCUT2D eigenvalue weighted by Crippen LogP contribution is -2.22. The summed E-state index contributed by atoms with van der Waals surface area (Å²) < 4.78 is 5.74. The number of nitrogens with zero attached hydrogens (tertiary/aromatic N) is 3. The van der Waals surface area contributed by atoms with Gasteiger partial charge in [0.05, 0.1) is 11.8 Å². The fourth-order valence-corrected chi connectivity index (χ4v) is 4.98. The van der Waals surface area contributed by atoms with E-state index in [1.807, 2.05) is 109 Å². The maximum Gasteiger partial charge on any atom is 0.345 e. The van der Waals surface area contributed by atoms with Crippen molar-refractivity contribution in [2.75, 3.05) is 10.3 Å². The number of benzene rings is 4. The van der Waals surface area contributed by atoms with Gasteiger partial charge in [-0.15, -0.1) is 0 Å². The number of anilines is 2. The van der Waals surface area contributed by atoms with E-state index in [4.69, 9.17) is 27.6 Å². The van der Waals surface area contributed by atoms with Gasteiger partial charge in [-0.1, -0.05) is 77.8 Å². The lowest BCUT2D eigenvalue weighted by molar-refractivity contribution is 0.559. The summed E-state index contributed by atoms with van der Waals surface area (Å²) in [5.74, 6) is 0.564. The Morgan fingerprint density at radius 2 is 1.44 bits per heavy atom. The molecule has 0 atom stereocenters. The molecule has 6 aromatic rings. The van der Waals surface area contributed by atoms with Crippen LogP contribution in [0.15, 0.2) is 136 Å². The van der Waals surface area contributed by atoms with E-state index in [1.165, 1.54) is 6.21 Å². The Balaban J connectivity index is 1.23. The lowest BCUT2D eigenvalue weighted by atomic mass is 10.1. The van der Waals surface area contributed by atoms with Gasteiger partial charge in [0, 0.05) is 46.5 Å². The predicted molar refractivity (Wildman–Crippen MR) is 176 cm³/mol. The molecule has 212 valence electrons. The van der Waals surface area contributed by atoms with Crippen LogP contribution in [0.25, 0.3) is 22.1 Å². The van der Waals surface area contributed by atoms with E-state index in [2.05, 4.69) is 20.4 Å². The molecule has 0 aliphatic carbocycles. The molecule has 6 nitrogen and oxygen atoms in total. The van der Waals surface area contributed by atoms with Crippen molar-refractivity contribution in [1.29, 1.82) is 0 Å². The third-order valence-corrected chi connectivity index (χ3v) is 7.44. The standard InChI is InChI=1S/C35H26Cl2N4O2/c36-30-11-6-24(7-12-30)22-41(23-25-8-13-31(37)14-9-25)32-15-10-28-18-29(35(42)43-33(28)20-32)21-39-40-34-19-27(16-17-38-34)26-4-2-1-3-5-26/h1-21H,22-23H2,(H,38,40)/b39-21+. The van der Waals surface area contributed by atoms with Gasteiger partial charge in [0.25, 0.3) is 0 Å². The van der Waals surface area contributed by atoms with E-state index in [9.17, 15) is 4.79 Å². The Morgan fingerprint density at radius 1 is 0.767 bits per heavy atom. The van der Waals surface area contributed by atoms with Gasteiger partial charge in [0.15, 0.2) is 0 Å². The minimum atomic E-state index is -0.483. The molecule has 2 aromatic heterocycles. The van der Waals surface area contributed by atoms with Crippen molar-refractivity contribution in [2.45, 2.75) is 13.1 Å². The second-order valence-electron chi connectivity index (χ2n) is 9.99. The first-order valence-corrected chi connectivity index (χ1v) is 14.4. The second-order valence-corrected chi connectivity index (χ2v) is 10.9. The summed E-state index contributed by atoms with van der Waals surface area (Å²) in [6, 6.07) is 37.0. The molecule has 0 fully saturated rings. The predicted octanol–water partition coefficient (Wildman–Crippen LogP) is 8.81. The van der Waals surface area contributed by atoms with Crippen molar-refractivity contribution in [1.82, 2.24) is 4.98 Å². The fraction of sp³-hybridized carbons (Fsp3) is 0.0571. The van der Waals surface area contributed by atoms with Crippen LogP contribution in [0, 0.1) is 0 Å². The number of halogens is 2. The Bertz CT molecular complexity index is 1890. The van der Waals surface area contributed by atoms with Gasteiger partial charge in [-0.2, -0.15) is 5.10 Å². The van der Waals surface area contributed by atoms with Crippen molar-refractivity contribution in [3.8, 4) is 11.1 Å². The first-order chi connectivity index (χ1) is 21.0. The number of aromatic nitrogens is 1. The molecule has 0 spiro atoms. The highest BCUT2D eigenvalue weighted by Crippen LogP contribution is 2.26. The van der Waals surface area contributed by atoms with E-state index in [1.54, 1.807) is 12.3 Å². The lowest BCUT2D eigenvalue weighted by Gasteiger charge is -2.25. The largest absolute Gasteiger partial charge is 0.422 e. The highest BCUT2D eigenvalue weighted by Gasteiger charge is 2.12. The quantitative estimate of drug-likeness (QED) is 0.101. The van der Waals surface area contributed by atoms with Gasteiger partial charge in [-0.05, 0) is 76.9 Å². The van der Waals surface area contributed by atoms with Gasteiger partial charge >= 0.3 is 5.63 Å². The topological polar surface area (TPSA) is 70.7 Å². The molecule has 1 N–H and O–H groups in total. The maximum atomic E-state index is 12.9. The number of rotatable bonds is 9. The monoisotopic (exact) mass is 604 g/mol. The highest BCUT2D eigenvalue weighted by molar-refractivity contribution is 6.30. The summed E-state index contributed by atoms with van der Waals surface area (Å²) in [4.78, 5) is 19.4. The number of hydrogen-bond acceptors (Lipinski definition) is 6. The van der Waals surface area contributed by atoms with E-state index in [0.717, 1.165) is 33.3 Å². The molecule has 0 radical (unpaired) electrons. The summed E-state index contributed by atoms with van der Waals surface area (Å²) in [7, 11) is 0. The Kier molecular flexibility index (Phi) is 8.50. The van der Waals surface area contributed by atoms with Crippen LogP contribution in [0.3, 0.4) is 0 Å². The average molecular weight is 606 g/mol. The molecule has 43 heavy (non-hydrogen) atoms. The molecule has 6 rings (SSSR count). The molecule has 0 saturated carbocycles. The van der Waals surface area contributed by atoms with Crippen LogP contribution in [0.1, 0.15) is 16.7 Å². The zero-order valence-electron chi connectivity index (χ0n) is 23.0. The van der Waals surface area contributed by atoms with Crippen molar-refractivity contribution in [3.05, 3.63) is 159 Å². The summed E-state index contributed by atoms with van der Waals surface area (Å²) in [5.41, 5.74) is 8.44. The van der Waals surface area contributed by atoms with Crippen LogP contribution in [0.5, 0.6) is 0 Å². The Hall–Kier alpha value is -4.91. The van der Waals surface area contributed by atoms with Crippen molar-refractivity contribution < 1.29 is 4.42 Å². The van der Waals surface area contributed by atoms with E-state index in [-0.39, 0.29) is 0 Å². The maximum absolute atomic E-state index is 12.9. The van der Waals surface area contributed by atoms with Crippen LogP contribution < -0.4 is 16.0 Å². The normalized spacial score (nSPS) is 11.2. The van der Waals surface area contributed by atoms with Gasteiger partial charge in [0.2, 0.25) is 0 Å². The molecule has 0 aliphatic heterocycles. The van der Waals surface area contributed by atoms with Crippen LogP contribution in [-0.4, -0.2) is 11.2 Å². The summed E-state index contributed by atoms with van der Waals surface area (Å²) in [6.07, 6.45) is 3.16. The molecule has 2 heterocycles. The molecule has 8 heteroatoms. The minimum Gasteiger partial charge on any atom is -0.422 e. The van der Waals surface area contributed by atoms with Gasteiger partial charge in [0.1, 0.15) is 11.4 Å². The first-order valence-electron chi connectivity index (χ1n) is 13.6. The SMILES string of the molecule is O=c1oc2cc(N(Cc3ccc(Cl)cc3)Cc3ccc(Cl)cc3)ccc2cc1/C=N/Nc1cc(-c2ccccc2)ccn1. The third-order valence-electron chi connectivity index (χ3n) is 6.93. The molecule has 0 amide bonds. The van der Waals surface area contributed by atoms with Crippen LogP contribution in [0.4, 0.5) is 11.5 Å². The van der Waals surface area contributed by atoms with Crippen LogP contribution in [0.2, 0.25) is 10.0 Å². The first kappa shape index (κ1) is 28.2. The van der Waals surface area contributed by atoms with Crippen molar-refractivity contribution in [2.24, 2.45) is 5.10 Å². The molecule has 0 saturated heterocycles. The summed E-state index contributed by atoms with van der Waals surface area (Å²) in [6.45, 7) is 1.26. The third kappa shape index (κ3) is 7.12. The van der Waals surface area contributed by atoms with Crippen LogP contribution in [-0.2, 0) is 13.1 Å². The molecule has 0 unspecified atom stereocenters. The van der Waals surface area contributed by atoms with E-state index < -0.39 is 5.63 Å². The zero-order valence-corrected chi connectivity index (χ0v) is 24.5. The Labute approximate surface area is 258 Å². The molecule has 0 aliphatic rings. The van der Waals surface area contributed by atoms with Crippen molar-refractivity contribution >= 4 is 51.9 Å². The highest BCUT2D eigenvalue weighted by atomic mass is 35.5. The fourth-order valence-electron chi connectivity index (χ4n) is 4.73. The van der Waals surface area contributed by atoms with Crippen molar-refractivity contribution in [3.63, 3.8) is 0 Å². The number of nitrogens with one attached hydrogen (secondary N) is 1. The molecular formula is C35H26Cl2N4O2. The molecule has 4 aromatic carbocycles. The van der Waals surface area contributed by atoms with Gasteiger partial charge in [-0.25, -0.2) is 9.78 Å². The number of pyridine rings is 1. The smallest absolute Gasteiger partial charge is 0.345 e. The number of hydrogen-bond donors (Lipinski definition) is 1. The van der Waals surface area contributed by atoms with Gasteiger partial charge < -0.3 is 9.32 Å². The van der Waals surface area contributed by atoms with Crippen LogP contribution >= 0.6 is 23.2 Å². The average Bonchev–Trinajstić information content (AvgIpc) is 3.03. The van der Waals surface area contributed by atoms with E-state index in [0.29, 0.717) is 40.1 Å². The minimum absolute atomic E-state index is 0.325. The summed E-state index contributed by atoms with van der Waals surface area (Å²) in [5, 5.41) is 6.40.